The average Bonchev–Trinajstić information content (AvgIpc) is 2.51. The number of aliphatic carboxylic acids is 2. The Hall–Kier alpha value is -3.23. The predicted octanol–water partition coefficient (Wildman–Crippen LogP) is -1.93. The van der Waals surface area contributed by atoms with Crippen LogP contribution in [-0.4, -0.2) is 29.8 Å². The summed E-state index contributed by atoms with van der Waals surface area (Å²) in [6, 6.07) is 3.38. The summed E-state index contributed by atoms with van der Waals surface area (Å²) in [5.41, 5.74) is 0.0823. The summed E-state index contributed by atoms with van der Waals surface area (Å²) in [6.45, 7) is 1.14. The number of benzene rings is 1. The van der Waals surface area contributed by atoms with E-state index in [9.17, 15) is 33.8 Å². The Bertz CT molecular complexity index is 699. The normalized spacial score (nSPS) is 12.2. The van der Waals surface area contributed by atoms with E-state index in [-0.39, 0.29) is 5.70 Å². The van der Waals surface area contributed by atoms with E-state index >= 15 is 0 Å². The van der Waals surface area contributed by atoms with E-state index in [0.29, 0.717) is 5.56 Å². The van der Waals surface area contributed by atoms with Crippen LogP contribution in [0.1, 0.15) is 25.3 Å². The maximum atomic E-state index is 12.9. The van der Waals surface area contributed by atoms with Gasteiger partial charge in [-0.05, 0) is 36.6 Å². The van der Waals surface area contributed by atoms with Crippen molar-refractivity contribution in [3.8, 4) is 0 Å². The lowest BCUT2D eigenvalue weighted by Gasteiger charge is -2.21. The molecule has 0 bridgehead atoms. The first kappa shape index (κ1) is 19.8. The Kier molecular flexibility index (Phi) is 7.26. The second-order valence-electron chi connectivity index (χ2n) is 5.05. The first-order valence-electron chi connectivity index (χ1n) is 7.15. The maximum absolute atomic E-state index is 12.9. The fourth-order valence-corrected chi connectivity index (χ4v) is 1.82. The Morgan fingerprint density at radius 2 is 1.76 bits per heavy atom. The Labute approximate surface area is 142 Å². The molecular weight excluding hydrogens is 335 g/mol. The SMILES string of the molecule is CC(=O)N/C(=C\c1ccc(F)cc1)C(=O)N[C@@H](CCC(=O)[O-])C(=O)[O-]. The number of hydrogen-bond acceptors (Lipinski definition) is 6. The third-order valence-electron chi connectivity index (χ3n) is 2.96. The van der Waals surface area contributed by atoms with E-state index in [2.05, 4.69) is 10.6 Å². The third kappa shape index (κ3) is 7.25. The van der Waals surface area contributed by atoms with Gasteiger partial charge in [-0.3, -0.25) is 9.59 Å². The minimum absolute atomic E-state index is 0.293. The van der Waals surface area contributed by atoms with Crippen molar-refractivity contribution < 1.29 is 33.8 Å². The molecule has 2 amide bonds. The number of amides is 2. The molecule has 0 saturated carbocycles. The van der Waals surface area contributed by atoms with Gasteiger partial charge in [0, 0.05) is 12.9 Å². The van der Waals surface area contributed by atoms with Crippen LogP contribution >= 0.6 is 0 Å². The zero-order valence-electron chi connectivity index (χ0n) is 13.2. The quantitative estimate of drug-likeness (QED) is 0.524. The number of carboxylic acid groups (broad SMARTS) is 2. The summed E-state index contributed by atoms with van der Waals surface area (Å²) in [5.74, 6) is -5.22. The largest absolute Gasteiger partial charge is 0.550 e. The van der Waals surface area contributed by atoms with Crippen LogP contribution in [0.3, 0.4) is 0 Å². The molecule has 0 aliphatic heterocycles. The molecule has 0 saturated heterocycles. The molecule has 0 unspecified atom stereocenters. The maximum Gasteiger partial charge on any atom is 0.268 e. The summed E-state index contributed by atoms with van der Waals surface area (Å²) in [7, 11) is 0. The van der Waals surface area contributed by atoms with Crippen molar-refractivity contribution in [2.24, 2.45) is 0 Å². The number of hydrogen-bond donors (Lipinski definition) is 2. The molecule has 0 spiro atoms. The lowest BCUT2D eigenvalue weighted by atomic mass is 10.1. The molecule has 0 radical (unpaired) electrons. The lowest BCUT2D eigenvalue weighted by Crippen LogP contribution is -2.50. The highest BCUT2D eigenvalue weighted by molar-refractivity contribution is 6.02. The van der Waals surface area contributed by atoms with Crippen LogP contribution in [0.2, 0.25) is 0 Å². The van der Waals surface area contributed by atoms with Crippen molar-refractivity contribution in [1.82, 2.24) is 10.6 Å². The topological polar surface area (TPSA) is 138 Å². The van der Waals surface area contributed by atoms with E-state index in [1.54, 1.807) is 0 Å². The van der Waals surface area contributed by atoms with Gasteiger partial charge >= 0.3 is 0 Å². The predicted molar refractivity (Wildman–Crippen MR) is 79.4 cm³/mol. The molecule has 1 atom stereocenters. The van der Waals surface area contributed by atoms with Gasteiger partial charge in [-0.25, -0.2) is 4.39 Å². The van der Waals surface area contributed by atoms with Gasteiger partial charge in [-0.1, -0.05) is 12.1 Å². The Morgan fingerprint density at radius 3 is 2.24 bits per heavy atom. The van der Waals surface area contributed by atoms with Gasteiger partial charge in [0.05, 0.1) is 12.0 Å². The molecule has 134 valence electrons. The molecule has 0 aliphatic rings. The fourth-order valence-electron chi connectivity index (χ4n) is 1.82. The van der Waals surface area contributed by atoms with Crippen LogP contribution in [0, 0.1) is 5.82 Å². The van der Waals surface area contributed by atoms with E-state index < -0.39 is 48.5 Å². The summed E-state index contributed by atoms with van der Waals surface area (Å²) in [5, 5.41) is 25.7. The summed E-state index contributed by atoms with van der Waals surface area (Å²) in [4.78, 5) is 44.8. The van der Waals surface area contributed by atoms with Crippen molar-refractivity contribution in [2.75, 3.05) is 0 Å². The second kappa shape index (κ2) is 9.16. The van der Waals surface area contributed by atoms with Crippen molar-refractivity contribution in [3.05, 3.63) is 41.3 Å². The molecule has 1 rings (SSSR count). The zero-order chi connectivity index (χ0) is 19.0. The number of rotatable bonds is 8. The van der Waals surface area contributed by atoms with Crippen LogP contribution < -0.4 is 20.8 Å². The van der Waals surface area contributed by atoms with Crippen LogP contribution in [0.5, 0.6) is 0 Å². The highest BCUT2D eigenvalue weighted by Crippen LogP contribution is 2.08. The van der Waals surface area contributed by atoms with E-state index in [1.807, 2.05) is 0 Å². The van der Waals surface area contributed by atoms with Crippen LogP contribution in [-0.2, 0) is 19.2 Å². The number of carboxylic acids is 2. The first-order chi connectivity index (χ1) is 11.7. The molecule has 0 aromatic heterocycles. The number of carbonyl (C=O) groups is 4. The number of carbonyl (C=O) groups excluding carboxylic acids is 4. The first-order valence-corrected chi connectivity index (χ1v) is 7.15. The fraction of sp³-hybridized carbons (Fsp3) is 0.250. The van der Waals surface area contributed by atoms with Crippen molar-refractivity contribution in [1.29, 1.82) is 0 Å². The number of nitrogens with one attached hydrogen (secondary N) is 2. The van der Waals surface area contributed by atoms with Gasteiger partial charge in [0.1, 0.15) is 11.5 Å². The van der Waals surface area contributed by atoms with Gasteiger partial charge in [-0.2, -0.15) is 0 Å². The standard InChI is InChI=1S/C16H17FN2O6/c1-9(20)18-13(8-10-2-4-11(17)5-3-10)15(23)19-12(16(24)25)6-7-14(21)22/h2-5,8,12H,6-7H2,1H3,(H,18,20)(H,19,23)(H,21,22)(H,24,25)/p-2/b13-8-/t12-/m0/s1. The van der Waals surface area contributed by atoms with E-state index in [1.165, 1.54) is 18.2 Å². The van der Waals surface area contributed by atoms with E-state index in [0.717, 1.165) is 19.1 Å². The second-order valence-corrected chi connectivity index (χ2v) is 5.05. The zero-order valence-corrected chi connectivity index (χ0v) is 13.2. The van der Waals surface area contributed by atoms with Gasteiger partial charge in [-0.15, -0.1) is 0 Å². The third-order valence-corrected chi connectivity index (χ3v) is 2.96. The summed E-state index contributed by atoms with van der Waals surface area (Å²) >= 11 is 0. The molecule has 1 aromatic rings. The summed E-state index contributed by atoms with van der Waals surface area (Å²) < 4.78 is 12.9. The number of halogens is 1. The molecular formula is C16H15FN2O6-2. The molecule has 8 nitrogen and oxygen atoms in total. The average molecular weight is 350 g/mol. The molecule has 25 heavy (non-hydrogen) atoms. The Balaban J connectivity index is 2.98. The van der Waals surface area contributed by atoms with Crippen molar-refractivity contribution in [3.63, 3.8) is 0 Å². The monoisotopic (exact) mass is 350 g/mol. The molecule has 0 heterocycles. The molecule has 0 aliphatic carbocycles. The van der Waals surface area contributed by atoms with Crippen LogP contribution in [0.25, 0.3) is 6.08 Å². The highest BCUT2D eigenvalue weighted by atomic mass is 19.1. The minimum atomic E-state index is -1.68. The van der Waals surface area contributed by atoms with Gasteiger partial charge < -0.3 is 30.4 Å². The summed E-state index contributed by atoms with van der Waals surface area (Å²) in [6.07, 6.45) is 0.164. The minimum Gasteiger partial charge on any atom is -0.550 e. The van der Waals surface area contributed by atoms with Gasteiger partial charge in [0.15, 0.2) is 0 Å². The highest BCUT2D eigenvalue weighted by Gasteiger charge is 2.17. The molecule has 0 fully saturated rings. The smallest absolute Gasteiger partial charge is 0.268 e. The van der Waals surface area contributed by atoms with E-state index in [4.69, 9.17) is 0 Å². The molecule has 1 aromatic carbocycles. The van der Waals surface area contributed by atoms with Gasteiger partial charge in [0.2, 0.25) is 5.91 Å². The molecule has 9 heteroatoms. The Morgan fingerprint density at radius 1 is 1.16 bits per heavy atom. The van der Waals surface area contributed by atoms with Crippen LogP contribution in [0.4, 0.5) is 4.39 Å². The van der Waals surface area contributed by atoms with Gasteiger partial charge in [0.25, 0.3) is 5.91 Å². The lowest BCUT2D eigenvalue weighted by molar-refractivity contribution is -0.310. The van der Waals surface area contributed by atoms with Crippen molar-refractivity contribution >= 4 is 29.8 Å². The molecule has 2 N–H and O–H groups in total. The van der Waals surface area contributed by atoms with Crippen molar-refractivity contribution in [2.45, 2.75) is 25.8 Å². The van der Waals surface area contributed by atoms with Crippen LogP contribution in [0.15, 0.2) is 30.0 Å².